The molecule has 3 aromatic rings. The molecule has 1 atom stereocenters. The van der Waals surface area contributed by atoms with Gasteiger partial charge < -0.3 is 14.9 Å². The molecule has 1 aliphatic rings. The molecule has 4 rings (SSSR count). The lowest BCUT2D eigenvalue weighted by molar-refractivity contribution is 0.0491. The van der Waals surface area contributed by atoms with Gasteiger partial charge in [-0.25, -0.2) is 9.99 Å². The van der Waals surface area contributed by atoms with Crippen LogP contribution >= 0.6 is 22.9 Å². The van der Waals surface area contributed by atoms with Crippen molar-refractivity contribution >= 4 is 44.0 Å². The molecule has 0 fully saturated rings. The maximum atomic E-state index is 11.6. The number of hydrazone groups is 1. The van der Waals surface area contributed by atoms with E-state index in [9.17, 15) is 10.2 Å². The van der Waals surface area contributed by atoms with Gasteiger partial charge in [-0.3, -0.25) is 0 Å². The third-order valence-electron chi connectivity index (χ3n) is 4.74. The number of ether oxygens (including phenoxy) is 1. The molecule has 0 saturated carbocycles. The highest BCUT2D eigenvalue weighted by Crippen LogP contribution is 2.43. The molecule has 2 heterocycles. The number of thiazole rings is 1. The summed E-state index contributed by atoms with van der Waals surface area (Å²) in [5.41, 5.74) is 0.877. The van der Waals surface area contributed by atoms with Crippen LogP contribution in [0.1, 0.15) is 24.8 Å². The van der Waals surface area contributed by atoms with Gasteiger partial charge in [-0.15, -0.1) is 0 Å². The highest BCUT2D eigenvalue weighted by molar-refractivity contribution is 7.22. The van der Waals surface area contributed by atoms with Crippen molar-refractivity contribution in [3.63, 3.8) is 0 Å². The molecule has 2 N–H and O–H groups in total. The molecule has 8 heteroatoms. The van der Waals surface area contributed by atoms with Crippen LogP contribution < -0.4 is 9.75 Å². The van der Waals surface area contributed by atoms with Gasteiger partial charge in [0.05, 0.1) is 11.8 Å². The first-order valence-electron chi connectivity index (χ1n) is 8.94. The molecule has 6 nitrogen and oxygen atoms in total. The minimum atomic E-state index is -1.36. The van der Waals surface area contributed by atoms with E-state index in [1.54, 1.807) is 36.4 Å². The zero-order chi connectivity index (χ0) is 19.7. The molecule has 0 radical (unpaired) electrons. The van der Waals surface area contributed by atoms with E-state index in [0.717, 1.165) is 15.9 Å². The Kier molecular flexibility index (Phi) is 5.25. The Hall–Kier alpha value is -2.19. The average Bonchev–Trinajstić information content (AvgIpc) is 3.28. The van der Waals surface area contributed by atoms with Gasteiger partial charge >= 0.3 is 0 Å². The Balaban J connectivity index is 1.80. The van der Waals surface area contributed by atoms with Crippen LogP contribution in [-0.2, 0) is 5.72 Å². The first-order valence-corrected chi connectivity index (χ1v) is 10.1. The monoisotopic (exact) mass is 417 g/mol. The Morgan fingerprint density at radius 2 is 2.04 bits per heavy atom. The number of anilines is 1. The molecule has 0 saturated heterocycles. The number of aliphatic hydroxyl groups excluding tert-OH is 1. The Morgan fingerprint density at radius 1 is 1.25 bits per heavy atom. The molecule has 146 valence electrons. The summed E-state index contributed by atoms with van der Waals surface area (Å²) in [6, 6.07) is 12.8. The van der Waals surface area contributed by atoms with Gasteiger partial charge in [-0.2, -0.15) is 5.10 Å². The van der Waals surface area contributed by atoms with E-state index in [1.807, 2.05) is 18.2 Å². The van der Waals surface area contributed by atoms with Crippen LogP contribution in [0.3, 0.4) is 0 Å². The molecule has 28 heavy (non-hydrogen) atoms. The maximum absolute atomic E-state index is 11.6. The number of para-hydroxylation sites is 1. The number of aliphatic hydroxyl groups is 2. The molecule has 0 spiro atoms. The molecule has 0 bridgehead atoms. The average molecular weight is 418 g/mol. The summed E-state index contributed by atoms with van der Waals surface area (Å²) in [5, 5.41) is 28.2. The summed E-state index contributed by atoms with van der Waals surface area (Å²) in [5.74, 6) is 0.679. The first-order chi connectivity index (χ1) is 13.5. The van der Waals surface area contributed by atoms with E-state index < -0.39 is 5.72 Å². The summed E-state index contributed by atoms with van der Waals surface area (Å²) in [6.07, 6.45) is 1.54. The van der Waals surface area contributed by atoms with Crippen molar-refractivity contribution in [3.8, 4) is 5.75 Å². The summed E-state index contributed by atoms with van der Waals surface area (Å²) in [7, 11) is 1.61. The lowest BCUT2D eigenvalue weighted by Crippen LogP contribution is -2.40. The SMILES string of the molecule is COc1cccc2sc(N3N=C(CCCO)CC3(O)c3ccc(Cl)cc3)nc12. The van der Waals surface area contributed by atoms with Crippen molar-refractivity contribution in [3.05, 3.63) is 53.1 Å². The normalized spacial score (nSPS) is 19.3. The molecule has 1 unspecified atom stereocenters. The van der Waals surface area contributed by atoms with Crippen LogP contribution in [0.15, 0.2) is 47.6 Å². The summed E-state index contributed by atoms with van der Waals surface area (Å²) < 4.78 is 6.36. The van der Waals surface area contributed by atoms with Crippen LogP contribution in [0.4, 0.5) is 5.13 Å². The number of hydrogen-bond donors (Lipinski definition) is 2. The lowest BCUT2D eigenvalue weighted by atomic mass is 9.96. The number of aromatic nitrogens is 1. The zero-order valence-electron chi connectivity index (χ0n) is 15.3. The van der Waals surface area contributed by atoms with E-state index in [1.165, 1.54) is 11.3 Å². The molecule has 0 aliphatic carbocycles. The molecular formula is C20H20ClN3O3S. The van der Waals surface area contributed by atoms with Gasteiger partial charge in [0.1, 0.15) is 11.3 Å². The van der Waals surface area contributed by atoms with Crippen molar-refractivity contribution in [1.29, 1.82) is 0 Å². The van der Waals surface area contributed by atoms with Crippen molar-refractivity contribution in [1.82, 2.24) is 4.98 Å². The van der Waals surface area contributed by atoms with Crippen molar-refractivity contribution < 1.29 is 14.9 Å². The topological polar surface area (TPSA) is 78.2 Å². The fourth-order valence-electron chi connectivity index (χ4n) is 3.35. The van der Waals surface area contributed by atoms with E-state index in [-0.39, 0.29) is 6.61 Å². The second-order valence-corrected chi connectivity index (χ2v) is 8.05. The van der Waals surface area contributed by atoms with Gasteiger partial charge in [0.2, 0.25) is 5.13 Å². The summed E-state index contributed by atoms with van der Waals surface area (Å²) >= 11 is 7.47. The fraction of sp³-hybridized carbons (Fsp3) is 0.300. The van der Waals surface area contributed by atoms with Gasteiger partial charge in [-0.1, -0.05) is 41.1 Å². The van der Waals surface area contributed by atoms with Crippen molar-refractivity contribution in [2.45, 2.75) is 25.0 Å². The number of nitrogens with zero attached hydrogens (tertiary/aromatic N) is 3. The van der Waals surface area contributed by atoms with E-state index in [2.05, 4.69) is 5.10 Å². The molecule has 2 aromatic carbocycles. The quantitative estimate of drug-likeness (QED) is 0.630. The fourth-order valence-corrected chi connectivity index (χ4v) is 4.48. The Labute approximate surface area is 171 Å². The Bertz CT molecular complexity index is 1020. The van der Waals surface area contributed by atoms with Crippen molar-refractivity contribution in [2.75, 3.05) is 18.7 Å². The molecular weight excluding hydrogens is 398 g/mol. The molecule has 1 aromatic heterocycles. The minimum absolute atomic E-state index is 0.0801. The highest BCUT2D eigenvalue weighted by atomic mass is 35.5. The third-order valence-corrected chi connectivity index (χ3v) is 5.99. The van der Waals surface area contributed by atoms with E-state index >= 15 is 0 Å². The van der Waals surface area contributed by atoms with Crippen LogP contribution in [0, 0.1) is 0 Å². The standard InChI is InChI=1S/C20H20ClN3O3S/c1-27-16-5-2-6-17-18(16)22-19(28-17)24-20(26,12-15(23-24)4-3-11-25)13-7-9-14(21)10-8-13/h2,5-10,25-26H,3-4,11-12H2,1H3. The second-order valence-electron chi connectivity index (χ2n) is 6.61. The number of benzene rings is 2. The molecule has 1 aliphatic heterocycles. The maximum Gasteiger partial charge on any atom is 0.210 e. The van der Waals surface area contributed by atoms with Crippen LogP contribution in [0.5, 0.6) is 5.75 Å². The highest BCUT2D eigenvalue weighted by Gasteiger charge is 2.44. The van der Waals surface area contributed by atoms with E-state index in [0.29, 0.717) is 40.7 Å². The summed E-state index contributed by atoms with van der Waals surface area (Å²) in [4.78, 5) is 4.70. The number of fused-ring (bicyclic) bond motifs is 1. The predicted molar refractivity (Wildman–Crippen MR) is 112 cm³/mol. The number of halogens is 1. The Morgan fingerprint density at radius 3 is 2.75 bits per heavy atom. The van der Waals surface area contributed by atoms with Gasteiger partial charge in [0.15, 0.2) is 5.72 Å². The van der Waals surface area contributed by atoms with Crippen LogP contribution in [0.2, 0.25) is 5.02 Å². The third kappa shape index (κ3) is 3.35. The number of methoxy groups -OCH3 is 1. The summed E-state index contributed by atoms with van der Waals surface area (Å²) in [6.45, 7) is 0.0801. The van der Waals surface area contributed by atoms with Gasteiger partial charge in [0, 0.05) is 29.3 Å². The number of rotatable bonds is 6. The lowest BCUT2D eigenvalue weighted by Gasteiger charge is -2.31. The largest absolute Gasteiger partial charge is 0.494 e. The minimum Gasteiger partial charge on any atom is -0.494 e. The van der Waals surface area contributed by atoms with Gasteiger partial charge in [0.25, 0.3) is 0 Å². The number of hydrogen-bond acceptors (Lipinski definition) is 7. The molecule has 0 amide bonds. The van der Waals surface area contributed by atoms with E-state index in [4.69, 9.17) is 21.3 Å². The van der Waals surface area contributed by atoms with Crippen molar-refractivity contribution in [2.24, 2.45) is 5.10 Å². The second kappa shape index (κ2) is 7.67. The van der Waals surface area contributed by atoms with Gasteiger partial charge in [-0.05, 0) is 37.1 Å². The van der Waals surface area contributed by atoms with Crippen LogP contribution in [-0.4, -0.2) is 34.6 Å². The smallest absolute Gasteiger partial charge is 0.210 e. The predicted octanol–water partition coefficient (Wildman–Crippen LogP) is 4.14. The zero-order valence-corrected chi connectivity index (χ0v) is 16.9. The van der Waals surface area contributed by atoms with Crippen LogP contribution in [0.25, 0.3) is 10.2 Å². The first kappa shape index (κ1) is 19.1.